The molecule has 5 aliphatic rings. The van der Waals surface area contributed by atoms with Gasteiger partial charge in [0.1, 0.15) is 30.3 Å². The van der Waals surface area contributed by atoms with E-state index in [-0.39, 0.29) is 11.5 Å². The number of fused-ring (bicyclic) bond motifs is 4. The zero-order valence-corrected chi connectivity index (χ0v) is 26.4. The normalized spacial score (nSPS) is 29.2. The molecule has 0 amide bonds. The van der Waals surface area contributed by atoms with E-state index in [0.29, 0.717) is 76.2 Å². The minimum Gasteiger partial charge on any atom is -0.461 e. The summed E-state index contributed by atoms with van der Waals surface area (Å²) in [6, 6.07) is 6.54. The Hall–Kier alpha value is -3.79. The zero-order valence-electron chi connectivity index (χ0n) is 26.4. The van der Waals surface area contributed by atoms with E-state index in [0.717, 1.165) is 72.4 Å². The Labute approximate surface area is 268 Å². The summed E-state index contributed by atoms with van der Waals surface area (Å²) in [5, 5.41) is 14.6. The van der Waals surface area contributed by atoms with Gasteiger partial charge in [-0.2, -0.15) is 20.3 Å². The van der Waals surface area contributed by atoms with Gasteiger partial charge in [-0.05, 0) is 55.8 Å². The summed E-state index contributed by atoms with van der Waals surface area (Å²) in [6.45, 7) is 4.52. The summed E-state index contributed by atoms with van der Waals surface area (Å²) in [6.07, 6.45) is 8.61. The molecule has 0 saturated carbocycles. The van der Waals surface area contributed by atoms with E-state index in [1.165, 1.54) is 0 Å². The van der Waals surface area contributed by atoms with Crippen molar-refractivity contribution in [1.82, 2.24) is 24.6 Å². The third-order valence-electron chi connectivity index (χ3n) is 10.9. The van der Waals surface area contributed by atoms with E-state index in [4.69, 9.17) is 29.9 Å². The predicted molar refractivity (Wildman–Crippen MR) is 168 cm³/mol. The standard InChI is InChI=1S/C34H41FN8O3/c1-41-16-23(15-38-41)24-17-42(10-11-44-19-24)31-27-20-46-34(8-2-4-22-5-6-28(37)26(14-36)30(22)34)13-29(27)39-32(40-31)45-21-33-7-3-9-43(33)18-25(35)12-33/h5-6,15-16,24-25H,2-4,7-13,17-21,37H2,1H3. The number of nitrogens with zero attached hydrogens (tertiary/aromatic N) is 7. The van der Waals surface area contributed by atoms with Crippen molar-refractivity contribution in [1.29, 1.82) is 5.26 Å². The summed E-state index contributed by atoms with van der Waals surface area (Å²) in [4.78, 5) is 14.6. The molecule has 242 valence electrons. The van der Waals surface area contributed by atoms with Crippen LogP contribution in [-0.2, 0) is 41.6 Å². The predicted octanol–water partition coefficient (Wildman–Crippen LogP) is 3.54. The fourth-order valence-electron chi connectivity index (χ4n) is 8.67. The fraction of sp³-hybridized carbons (Fsp3) is 0.588. The van der Waals surface area contributed by atoms with Crippen LogP contribution in [0.3, 0.4) is 0 Å². The van der Waals surface area contributed by atoms with Gasteiger partial charge < -0.3 is 24.8 Å². The summed E-state index contributed by atoms with van der Waals surface area (Å²) in [5.41, 5.74) is 11.2. The Kier molecular flexibility index (Phi) is 7.38. The second-order valence-corrected chi connectivity index (χ2v) is 13.8. The van der Waals surface area contributed by atoms with Crippen LogP contribution in [0.2, 0.25) is 0 Å². The molecule has 0 radical (unpaired) electrons. The first kappa shape index (κ1) is 29.6. The van der Waals surface area contributed by atoms with Crippen LogP contribution in [0.25, 0.3) is 0 Å². The minimum absolute atomic E-state index is 0.110. The van der Waals surface area contributed by atoms with Crippen LogP contribution in [0.5, 0.6) is 6.01 Å². The topological polar surface area (TPSA) is 128 Å². The summed E-state index contributed by atoms with van der Waals surface area (Å²) < 4.78 is 35.8. The second-order valence-electron chi connectivity index (χ2n) is 13.8. The van der Waals surface area contributed by atoms with Gasteiger partial charge >= 0.3 is 6.01 Å². The third-order valence-corrected chi connectivity index (χ3v) is 10.9. The Morgan fingerprint density at radius 1 is 1.20 bits per heavy atom. The molecule has 1 aromatic carbocycles. The lowest BCUT2D eigenvalue weighted by molar-refractivity contribution is -0.0857. The zero-order chi connectivity index (χ0) is 31.5. The van der Waals surface area contributed by atoms with E-state index in [1.807, 2.05) is 36.3 Å². The van der Waals surface area contributed by atoms with Crippen LogP contribution in [0.1, 0.15) is 71.5 Å². The molecule has 8 rings (SSSR count). The van der Waals surface area contributed by atoms with E-state index in [9.17, 15) is 9.65 Å². The molecule has 6 heterocycles. The van der Waals surface area contributed by atoms with Gasteiger partial charge in [-0.3, -0.25) is 9.58 Å². The third kappa shape index (κ3) is 5.00. The quantitative estimate of drug-likeness (QED) is 0.419. The molecule has 4 aliphatic heterocycles. The first-order chi connectivity index (χ1) is 22.4. The van der Waals surface area contributed by atoms with Crippen molar-refractivity contribution >= 4 is 11.5 Å². The number of anilines is 2. The van der Waals surface area contributed by atoms with Crippen molar-refractivity contribution < 1.29 is 18.6 Å². The van der Waals surface area contributed by atoms with Gasteiger partial charge in [0.2, 0.25) is 0 Å². The molecule has 46 heavy (non-hydrogen) atoms. The number of halogens is 1. The molecular formula is C34H41FN8O3. The first-order valence-electron chi connectivity index (χ1n) is 16.6. The van der Waals surface area contributed by atoms with Crippen molar-refractivity contribution in [2.45, 2.75) is 74.8 Å². The molecule has 0 bridgehead atoms. The molecule has 4 unspecified atom stereocenters. The van der Waals surface area contributed by atoms with Crippen LogP contribution >= 0.6 is 0 Å². The van der Waals surface area contributed by atoms with Crippen LogP contribution in [-0.4, -0.2) is 82.4 Å². The number of nitriles is 1. The van der Waals surface area contributed by atoms with E-state index in [1.54, 1.807) is 0 Å². The summed E-state index contributed by atoms with van der Waals surface area (Å²) >= 11 is 0. The maximum Gasteiger partial charge on any atom is 0.318 e. The number of aromatic nitrogens is 4. The van der Waals surface area contributed by atoms with E-state index in [2.05, 4.69) is 21.0 Å². The van der Waals surface area contributed by atoms with Crippen molar-refractivity contribution in [2.24, 2.45) is 7.05 Å². The van der Waals surface area contributed by atoms with Crippen molar-refractivity contribution in [3.8, 4) is 12.1 Å². The molecule has 2 aromatic heterocycles. The summed E-state index contributed by atoms with van der Waals surface area (Å²) in [5.74, 6) is 0.897. The van der Waals surface area contributed by atoms with Gasteiger partial charge in [-0.25, -0.2) is 4.39 Å². The van der Waals surface area contributed by atoms with Crippen molar-refractivity contribution in [2.75, 3.05) is 56.6 Å². The molecule has 1 spiro atoms. The largest absolute Gasteiger partial charge is 0.461 e. The number of hydrogen-bond donors (Lipinski definition) is 1. The van der Waals surface area contributed by atoms with Crippen molar-refractivity contribution in [3.05, 3.63) is 58.0 Å². The highest BCUT2D eigenvalue weighted by Gasteiger charge is 2.50. The molecule has 2 N–H and O–H groups in total. The van der Waals surface area contributed by atoms with Crippen LogP contribution in [0, 0.1) is 11.3 Å². The number of nitrogens with two attached hydrogens (primary N) is 1. The lowest BCUT2D eigenvalue weighted by Crippen LogP contribution is -2.44. The fourth-order valence-corrected chi connectivity index (χ4v) is 8.67. The highest BCUT2D eigenvalue weighted by molar-refractivity contribution is 5.63. The van der Waals surface area contributed by atoms with E-state index < -0.39 is 11.8 Å². The Morgan fingerprint density at radius 3 is 2.96 bits per heavy atom. The molecule has 3 saturated heterocycles. The monoisotopic (exact) mass is 628 g/mol. The average Bonchev–Trinajstić information content (AvgIpc) is 3.67. The molecular weight excluding hydrogens is 587 g/mol. The van der Waals surface area contributed by atoms with Gasteiger partial charge in [0.15, 0.2) is 0 Å². The second kappa shape index (κ2) is 11.5. The lowest BCUT2D eigenvalue weighted by Gasteiger charge is -2.43. The number of aryl methyl sites for hydroxylation is 2. The Balaban J connectivity index is 1.18. The molecule has 12 heteroatoms. The highest BCUT2D eigenvalue weighted by atomic mass is 19.1. The van der Waals surface area contributed by atoms with Gasteiger partial charge in [0, 0.05) is 68.5 Å². The van der Waals surface area contributed by atoms with Crippen molar-refractivity contribution in [3.63, 3.8) is 0 Å². The number of hydrogen-bond acceptors (Lipinski definition) is 10. The average molecular weight is 629 g/mol. The SMILES string of the molecule is Cn1cc(C2COCCN(c3nc(OCC45CCCN4CC(F)C5)nc4c3COC3(CCCc5ccc(N)c(C#N)c53)C4)C2)cn1. The minimum atomic E-state index is -0.837. The van der Waals surface area contributed by atoms with Crippen LogP contribution in [0.15, 0.2) is 24.5 Å². The Morgan fingerprint density at radius 2 is 2.11 bits per heavy atom. The molecule has 4 atom stereocenters. The molecule has 11 nitrogen and oxygen atoms in total. The van der Waals surface area contributed by atoms with Crippen LogP contribution in [0.4, 0.5) is 15.9 Å². The number of alkyl halides is 1. The lowest BCUT2D eigenvalue weighted by atomic mass is 9.72. The number of rotatable bonds is 5. The summed E-state index contributed by atoms with van der Waals surface area (Å²) in [7, 11) is 1.92. The van der Waals surface area contributed by atoms with Crippen LogP contribution < -0.4 is 15.4 Å². The van der Waals surface area contributed by atoms with Gasteiger partial charge in [-0.15, -0.1) is 0 Å². The molecule has 1 aliphatic carbocycles. The van der Waals surface area contributed by atoms with Gasteiger partial charge in [0.25, 0.3) is 0 Å². The smallest absolute Gasteiger partial charge is 0.318 e. The maximum absolute atomic E-state index is 14.6. The molecule has 3 fully saturated rings. The van der Waals surface area contributed by atoms with Gasteiger partial charge in [0.05, 0.1) is 42.8 Å². The number of benzene rings is 1. The Bertz CT molecular complexity index is 1690. The number of ether oxygens (including phenoxy) is 3. The number of nitrogen functional groups attached to an aromatic ring is 1. The molecule has 3 aromatic rings. The first-order valence-corrected chi connectivity index (χ1v) is 16.6. The van der Waals surface area contributed by atoms with E-state index >= 15 is 0 Å². The van der Waals surface area contributed by atoms with Gasteiger partial charge in [-0.1, -0.05) is 6.07 Å². The maximum atomic E-state index is 14.6. The highest BCUT2D eigenvalue weighted by Crippen LogP contribution is 2.48.